The number of carbonyl (C=O) groups excluding carboxylic acids is 1. The van der Waals surface area contributed by atoms with Crippen molar-refractivity contribution in [3.8, 4) is 10.6 Å². The first-order valence-corrected chi connectivity index (χ1v) is 8.65. The first-order valence-electron chi connectivity index (χ1n) is 6.73. The smallest absolute Gasteiger partial charge is 0.272 e. The fourth-order valence-electron chi connectivity index (χ4n) is 3.01. The van der Waals surface area contributed by atoms with Crippen molar-refractivity contribution >= 4 is 29.0 Å². The summed E-state index contributed by atoms with van der Waals surface area (Å²) >= 11 is 3.65. The number of carbonyl (C=O) groups is 1. The number of amides is 1. The summed E-state index contributed by atoms with van der Waals surface area (Å²) in [7, 11) is 1.85. The first-order chi connectivity index (χ1) is 9.72. The molecule has 6 heteroatoms. The summed E-state index contributed by atoms with van der Waals surface area (Å²) in [6.07, 6.45) is 1.16. The summed E-state index contributed by atoms with van der Waals surface area (Å²) < 4.78 is 1.72. The molecule has 2 atom stereocenters. The minimum Gasteiger partial charge on any atom is -0.332 e. The average molecular weight is 305 g/mol. The zero-order valence-electron chi connectivity index (χ0n) is 11.2. The average Bonchev–Trinajstić information content (AvgIpc) is 3.21. The molecule has 2 saturated heterocycles. The predicted molar refractivity (Wildman–Crippen MR) is 82.2 cm³/mol. The second kappa shape index (κ2) is 4.63. The van der Waals surface area contributed by atoms with Crippen molar-refractivity contribution in [2.45, 2.75) is 17.7 Å². The molecule has 2 fully saturated rings. The summed E-state index contributed by atoms with van der Waals surface area (Å²) in [5.74, 6) is 1.22. The minimum absolute atomic E-state index is 0.135. The molecular weight excluding hydrogens is 290 g/mol. The highest BCUT2D eigenvalue weighted by Crippen LogP contribution is 2.38. The van der Waals surface area contributed by atoms with Gasteiger partial charge in [0, 0.05) is 30.6 Å². The number of likely N-dealkylation sites (tertiary alicyclic amines) is 1. The summed E-state index contributed by atoms with van der Waals surface area (Å²) in [6, 6.07) is 6.40. The van der Waals surface area contributed by atoms with Crippen LogP contribution in [0.3, 0.4) is 0 Å². The van der Waals surface area contributed by atoms with Gasteiger partial charge in [-0.2, -0.15) is 16.9 Å². The summed E-state index contributed by atoms with van der Waals surface area (Å²) in [6.45, 7) is 0.897. The van der Waals surface area contributed by atoms with Crippen LogP contribution in [-0.2, 0) is 7.05 Å². The normalized spacial score (nSPS) is 24.6. The van der Waals surface area contributed by atoms with Crippen LogP contribution in [0.2, 0.25) is 0 Å². The molecule has 0 N–H and O–H groups in total. The van der Waals surface area contributed by atoms with Crippen molar-refractivity contribution in [1.29, 1.82) is 0 Å². The Hall–Kier alpha value is -1.27. The number of thioether (sulfide) groups is 1. The molecule has 2 aliphatic rings. The van der Waals surface area contributed by atoms with E-state index in [-0.39, 0.29) is 5.91 Å². The molecule has 20 heavy (non-hydrogen) atoms. The lowest BCUT2D eigenvalue weighted by atomic mass is 10.2. The molecule has 0 saturated carbocycles. The van der Waals surface area contributed by atoms with Crippen LogP contribution in [0.25, 0.3) is 10.6 Å². The highest BCUT2D eigenvalue weighted by molar-refractivity contribution is 8.00. The van der Waals surface area contributed by atoms with Gasteiger partial charge in [0.15, 0.2) is 0 Å². The van der Waals surface area contributed by atoms with Crippen LogP contribution in [0.5, 0.6) is 0 Å². The molecule has 0 unspecified atom stereocenters. The maximum Gasteiger partial charge on any atom is 0.272 e. The zero-order valence-corrected chi connectivity index (χ0v) is 12.8. The lowest BCUT2D eigenvalue weighted by Crippen LogP contribution is -2.39. The van der Waals surface area contributed by atoms with Gasteiger partial charge in [0.25, 0.3) is 5.91 Å². The second-order valence-corrected chi connectivity index (χ2v) is 7.60. The molecule has 4 rings (SSSR count). The Morgan fingerprint density at radius 2 is 2.40 bits per heavy atom. The quantitative estimate of drug-likeness (QED) is 0.855. The van der Waals surface area contributed by atoms with Gasteiger partial charge in [0.05, 0.1) is 4.88 Å². The Labute approximate surface area is 125 Å². The van der Waals surface area contributed by atoms with Crippen LogP contribution < -0.4 is 0 Å². The van der Waals surface area contributed by atoms with Crippen LogP contribution in [0.15, 0.2) is 23.6 Å². The molecule has 2 aromatic rings. The van der Waals surface area contributed by atoms with E-state index >= 15 is 0 Å². The van der Waals surface area contributed by atoms with Crippen molar-refractivity contribution in [3.05, 3.63) is 29.3 Å². The number of aromatic nitrogens is 2. The Morgan fingerprint density at radius 1 is 1.50 bits per heavy atom. The van der Waals surface area contributed by atoms with Crippen molar-refractivity contribution in [2.24, 2.45) is 7.05 Å². The fourth-order valence-corrected chi connectivity index (χ4v) is 5.12. The fraction of sp³-hybridized carbons (Fsp3) is 0.429. The van der Waals surface area contributed by atoms with E-state index in [0.717, 1.165) is 29.3 Å². The third kappa shape index (κ3) is 1.90. The van der Waals surface area contributed by atoms with Crippen LogP contribution in [0.1, 0.15) is 16.9 Å². The topological polar surface area (TPSA) is 38.1 Å². The Bertz CT molecular complexity index is 649. The molecule has 2 aliphatic heterocycles. The van der Waals surface area contributed by atoms with Crippen LogP contribution in [-0.4, -0.2) is 44.2 Å². The van der Waals surface area contributed by atoms with Crippen LogP contribution >= 0.6 is 23.1 Å². The van der Waals surface area contributed by atoms with Gasteiger partial charge in [-0.25, -0.2) is 0 Å². The summed E-state index contributed by atoms with van der Waals surface area (Å²) in [5, 5.41) is 7.16. The van der Waals surface area contributed by atoms with E-state index in [1.54, 1.807) is 16.0 Å². The maximum absolute atomic E-state index is 12.7. The van der Waals surface area contributed by atoms with E-state index in [9.17, 15) is 4.79 Å². The third-order valence-corrected chi connectivity index (χ3v) is 6.32. The SMILES string of the molecule is Cn1nc(-c2cccs2)cc1C(=O)N1C[C@H]2C[C@H]1CS2. The molecule has 2 bridgehead atoms. The number of hydrogen-bond acceptors (Lipinski definition) is 4. The van der Waals surface area contributed by atoms with Gasteiger partial charge >= 0.3 is 0 Å². The lowest BCUT2D eigenvalue weighted by molar-refractivity contribution is 0.0736. The molecule has 0 spiro atoms. The van der Waals surface area contributed by atoms with E-state index < -0.39 is 0 Å². The maximum atomic E-state index is 12.7. The number of rotatable bonds is 2. The van der Waals surface area contributed by atoms with E-state index in [1.807, 2.05) is 47.3 Å². The number of thiophene rings is 1. The molecule has 1 amide bonds. The minimum atomic E-state index is 0.135. The summed E-state index contributed by atoms with van der Waals surface area (Å²) in [4.78, 5) is 15.8. The van der Waals surface area contributed by atoms with E-state index in [0.29, 0.717) is 17.0 Å². The number of nitrogens with zero attached hydrogens (tertiary/aromatic N) is 3. The van der Waals surface area contributed by atoms with E-state index in [1.165, 1.54) is 0 Å². The summed E-state index contributed by atoms with van der Waals surface area (Å²) in [5.41, 5.74) is 1.59. The Morgan fingerprint density at radius 3 is 3.05 bits per heavy atom. The van der Waals surface area contributed by atoms with Gasteiger partial charge in [-0.1, -0.05) is 6.07 Å². The van der Waals surface area contributed by atoms with Crippen LogP contribution in [0.4, 0.5) is 0 Å². The predicted octanol–water partition coefficient (Wildman–Crippen LogP) is 2.48. The van der Waals surface area contributed by atoms with Gasteiger partial charge in [0.1, 0.15) is 11.4 Å². The number of aryl methyl sites for hydroxylation is 1. The second-order valence-electron chi connectivity index (χ2n) is 5.32. The van der Waals surface area contributed by atoms with E-state index in [4.69, 9.17) is 0 Å². The van der Waals surface area contributed by atoms with Crippen molar-refractivity contribution < 1.29 is 4.79 Å². The third-order valence-electron chi connectivity index (χ3n) is 4.03. The molecule has 4 nitrogen and oxygen atoms in total. The largest absolute Gasteiger partial charge is 0.332 e. The highest BCUT2D eigenvalue weighted by atomic mass is 32.2. The van der Waals surface area contributed by atoms with Crippen molar-refractivity contribution in [1.82, 2.24) is 14.7 Å². The van der Waals surface area contributed by atoms with Gasteiger partial charge in [-0.05, 0) is 23.9 Å². The van der Waals surface area contributed by atoms with Gasteiger partial charge in [-0.15, -0.1) is 11.3 Å². The molecule has 0 aliphatic carbocycles. The van der Waals surface area contributed by atoms with Gasteiger partial charge < -0.3 is 4.90 Å². The van der Waals surface area contributed by atoms with E-state index in [2.05, 4.69) is 5.10 Å². The Kier molecular flexibility index (Phi) is 2.89. The lowest BCUT2D eigenvalue weighted by Gasteiger charge is -2.26. The molecule has 0 aromatic carbocycles. The molecular formula is C14H15N3OS2. The van der Waals surface area contributed by atoms with Crippen molar-refractivity contribution in [2.75, 3.05) is 12.3 Å². The monoisotopic (exact) mass is 305 g/mol. The van der Waals surface area contributed by atoms with Crippen molar-refractivity contribution in [3.63, 3.8) is 0 Å². The molecule has 2 aromatic heterocycles. The molecule has 0 radical (unpaired) electrons. The van der Waals surface area contributed by atoms with Crippen LogP contribution in [0, 0.1) is 0 Å². The number of fused-ring (bicyclic) bond motifs is 2. The number of hydrogen-bond donors (Lipinski definition) is 0. The highest BCUT2D eigenvalue weighted by Gasteiger charge is 2.41. The van der Waals surface area contributed by atoms with Gasteiger partial charge in [0.2, 0.25) is 0 Å². The first kappa shape index (κ1) is 12.5. The zero-order chi connectivity index (χ0) is 13.7. The van der Waals surface area contributed by atoms with Gasteiger partial charge in [-0.3, -0.25) is 9.48 Å². The molecule has 4 heterocycles. The molecule has 104 valence electrons. The Balaban J connectivity index is 1.64. The standard InChI is InChI=1S/C14H15N3OS2/c1-16-12(6-11(15-16)13-3-2-4-19-13)14(18)17-7-10-5-9(17)8-20-10/h2-4,6,9-10H,5,7-8H2,1H3/t9-,10+/m0/s1.